The summed E-state index contributed by atoms with van der Waals surface area (Å²) in [5, 5.41) is 16.0. The van der Waals surface area contributed by atoms with Crippen LogP contribution < -0.4 is 5.32 Å². The molecule has 0 aromatic carbocycles. The highest BCUT2D eigenvalue weighted by molar-refractivity contribution is 5.82. The SMILES string of the molecule is CC1(C)CC1C(=O)NCc1nn[nH]n1. The summed E-state index contributed by atoms with van der Waals surface area (Å²) < 4.78 is 0. The van der Waals surface area contributed by atoms with Gasteiger partial charge >= 0.3 is 0 Å². The number of H-pyrrole nitrogens is 1. The summed E-state index contributed by atoms with van der Waals surface area (Å²) in [6.07, 6.45) is 0.963. The van der Waals surface area contributed by atoms with Crippen LogP contribution in [-0.2, 0) is 11.3 Å². The van der Waals surface area contributed by atoms with Crippen molar-refractivity contribution in [3.8, 4) is 0 Å². The lowest BCUT2D eigenvalue weighted by atomic mass is 10.1. The molecule has 0 spiro atoms. The van der Waals surface area contributed by atoms with Gasteiger partial charge in [0, 0.05) is 5.92 Å². The van der Waals surface area contributed by atoms with Crippen LogP contribution in [0.25, 0.3) is 0 Å². The van der Waals surface area contributed by atoms with Gasteiger partial charge < -0.3 is 5.32 Å². The predicted molar refractivity (Wildman–Crippen MR) is 47.9 cm³/mol. The molecule has 1 aliphatic carbocycles. The Morgan fingerprint density at radius 3 is 2.93 bits per heavy atom. The largest absolute Gasteiger partial charge is 0.348 e. The van der Waals surface area contributed by atoms with E-state index in [9.17, 15) is 4.79 Å². The topological polar surface area (TPSA) is 83.6 Å². The van der Waals surface area contributed by atoms with E-state index in [0.29, 0.717) is 12.4 Å². The van der Waals surface area contributed by atoms with Gasteiger partial charge in [-0.3, -0.25) is 4.79 Å². The van der Waals surface area contributed by atoms with Gasteiger partial charge in [0.05, 0.1) is 6.54 Å². The lowest BCUT2D eigenvalue weighted by Crippen LogP contribution is -2.26. The third-order valence-electron chi connectivity index (χ3n) is 2.64. The maximum atomic E-state index is 11.5. The van der Waals surface area contributed by atoms with Gasteiger partial charge in [-0.2, -0.15) is 5.21 Å². The molecule has 14 heavy (non-hydrogen) atoms. The summed E-state index contributed by atoms with van der Waals surface area (Å²) in [6, 6.07) is 0. The maximum absolute atomic E-state index is 11.5. The van der Waals surface area contributed by atoms with Crippen molar-refractivity contribution in [2.24, 2.45) is 11.3 Å². The van der Waals surface area contributed by atoms with Gasteiger partial charge in [0.15, 0.2) is 5.82 Å². The highest BCUT2D eigenvalue weighted by Gasteiger charge is 2.50. The molecular formula is C8H13N5O. The van der Waals surface area contributed by atoms with Gasteiger partial charge in [-0.05, 0) is 11.8 Å². The highest BCUT2D eigenvalue weighted by atomic mass is 16.2. The van der Waals surface area contributed by atoms with Crippen LogP contribution in [0.1, 0.15) is 26.1 Å². The molecule has 6 nitrogen and oxygen atoms in total. The number of tetrazole rings is 1. The molecule has 1 atom stereocenters. The minimum absolute atomic E-state index is 0.0831. The molecule has 6 heteroatoms. The predicted octanol–water partition coefficient (Wildman–Crippen LogP) is -0.138. The van der Waals surface area contributed by atoms with Crippen molar-refractivity contribution in [1.82, 2.24) is 25.9 Å². The molecule has 1 amide bonds. The van der Waals surface area contributed by atoms with Gasteiger partial charge in [0.1, 0.15) is 0 Å². The number of nitrogens with one attached hydrogen (secondary N) is 2. The molecule has 0 radical (unpaired) electrons. The normalized spacial score (nSPS) is 23.1. The van der Waals surface area contributed by atoms with Crippen LogP contribution in [-0.4, -0.2) is 26.5 Å². The Hall–Kier alpha value is -1.46. The Morgan fingerprint density at radius 2 is 2.43 bits per heavy atom. The molecule has 0 saturated heterocycles. The van der Waals surface area contributed by atoms with Crippen LogP contribution in [0, 0.1) is 11.3 Å². The number of hydrogen-bond acceptors (Lipinski definition) is 4. The number of aromatic nitrogens is 4. The monoisotopic (exact) mass is 195 g/mol. The quantitative estimate of drug-likeness (QED) is 0.703. The van der Waals surface area contributed by atoms with E-state index in [-0.39, 0.29) is 17.2 Å². The van der Waals surface area contributed by atoms with E-state index in [1.54, 1.807) is 0 Å². The molecule has 1 saturated carbocycles. The van der Waals surface area contributed by atoms with E-state index in [4.69, 9.17) is 0 Å². The summed E-state index contributed by atoms with van der Waals surface area (Å²) in [4.78, 5) is 11.5. The van der Waals surface area contributed by atoms with Crippen LogP contribution in [0.5, 0.6) is 0 Å². The number of amides is 1. The van der Waals surface area contributed by atoms with E-state index < -0.39 is 0 Å². The van der Waals surface area contributed by atoms with Crippen molar-refractivity contribution >= 4 is 5.91 Å². The Morgan fingerprint density at radius 1 is 1.71 bits per heavy atom. The fourth-order valence-corrected chi connectivity index (χ4v) is 1.46. The zero-order chi connectivity index (χ0) is 10.2. The zero-order valence-electron chi connectivity index (χ0n) is 8.24. The van der Waals surface area contributed by atoms with E-state index in [1.165, 1.54) is 0 Å². The number of nitrogens with zero attached hydrogens (tertiary/aromatic N) is 3. The molecule has 1 aliphatic rings. The van der Waals surface area contributed by atoms with Gasteiger partial charge in [0.2, 0.25) is 5.91 Å². The van der Waals surface area contributed by atoms with Crippen LogP contribution in [0.3, 0.4) is 0 Å². The molecule has 0 bridgehead atoms. The summed E-state index contributed by atoms with van der Waals surface area (Å²) >= 11 is 0. The Balaban J connectivity index is 1.80. The minimum Gasteiger partial charge on any atom is -0.348 e. The second kappa shape index (κ2) is 3.04. The summed E-state index contributed by atoms with van der Waals surface area (Å²) in [5.74, 6) is 0.742. The third kappa shape index (κ3) is 1.73. The van der Waals surface area contributed by atoms with E-state index in [2.05, 4.69) is 39.8 Å². The molecule has 2 rings (SSSR count). The third-order valence-corrected chi connectivity index (χ3v) is 2.64. The van der Waals surface area contributed by atoms with Crippen molar-refractivity contribution in [3.63, 3.8) is 0 Å². The number of rotatable bonds is 3. The van der Waals surface area contributed by atoms with E-state index in [0.717, 1.165) is 6.42 Å². The maximum Gasteiger partial charge on any atom is 0.224 e. The summed E-state index contributed by atoms with van der Waals surface area (Å²) in [5.41, 5.74) is 0.168. The number of carbonyl (C=O) groups excluding carboxylic acids is 1. The first kappa shape index (κ1) is 9.11. The standard InChI is InChI=1S/C8H13N5O/c1-8(2)3-5(8)7(14)9-4-6-10-12-13-11-6/h5H,3-4H2,1-2H3,(H,9,14)(H,10,11,12,13). The van der Waals surface area contributed by atoms with Crippen molar-refractivity contribution < 1.29 is 4.79 Å². The average molecular weight is 195 g/mol. The number of hydrogen-bond donors (Lipinski definition) is 2. The Kier molecular flexibility index (Phi) is 1.98. The average Bonchev–Trinajstić information content (AvgIpc) is 2.61. The molecule has 1 unspecified atom stereocenters. The second-order valence-electron chi connectivity index (χ2n) is 4.29. The van der Waals surface area contributed by atoms with Crippen molar-refractivity contribution in [2.45, 2.75) is 26.8 Å². The lowest BCUT2D eigenvalue weighted by molar-refractivity contribution is -0.123. The van der Waals surface area contributed by atoms with Crippen molar-refractivity contribution in [3.05, 3.63) is 5.82 Å². The summed E-state index contributed by atoms with van der Waals surface area (Å²) in [6.45, 7) is 4.53. The molecule has 1 aromatic heterocycles. The van der Waals surface area contributed by atoms with Gasteiger partial charge in [-0.15, -0.1) is 10.2 Å². The smallest absolute Gasteiger partial charge is 0.224 e. The Labute approximate surface area is 81.5 Å². The summed E-state index contributed by atoms with van der Waals surface area (Å²) in [7, 11) is 0. The fourth-order valence-electron chi connectivity index (χ4n) is 1.46. The molecule has 2 N–H and O–H groups in total. The van der Waals surface area contributed by atoms with Crippen molar-refractivity contribution in [1.29, 1.82) is 0 Å². The molecule has 1 fully saturated rings. The van der Waals surface area contributed by atoms with Gasteiger partial charge in [-0.25, -0.2) is 0 Å². The van der Waals surface area contributed by atoms with Crippen LogP contribution in [0.15, 0.2) is 0 Å². The van der Waals surface area contributed by atoms with Crippen LogP contribution in [0.4, 0.5) is 0 Å². The van der Waals surface area contributed by atoms with Gasteiger partial charge in [-0.1, -0.05) is 19.1 Å². The molecule has 76 valence electrons. The first-order valence-electron chi connectivity index (χ1n) is 4.59. The molecular weight excluding hydrogens is 182 g/mol. The van der Waals surface area contributed by atoms with E-state index >= 15 is 0 Å². The zero-order valence-corrected chi connectivity index (χ0v) is 8.24. The van der Waals surface area contributed by atoms with Crippen molar-refractivity contribution in [2.75, 3.05) is 0 Å². The van der Waals surface area contributed by atoms with Crippen LogP contribution in [0.2, 0.25) is 0 Å². The van der Waals surface area contributed by atoms with Gasteiger partial charge in [0.25, 0.3) is 0 Å². The first-order chi connectivity index (χ1) is 6.59. The highest BCUT2D eigenvalue weighted by Crippen LogP contribution is 2.51. The number of carbonyl (C=O) groups is 1. The number of aromatic amines is 1. The molecule has 0 aliphatic heterocycles. The fraction of sp³-hybridized carbons (Fsp3) is 0.750. The lowest BCUT2D eigenvalue weighted by Gasteiger charge is -2.03. The molecule has 1 aromatic rings. The second-order valence-corrected chi connectivity index (χ2v) is 4.29. The molecule has 1 heterocycles. The first-order valence-corrected chi connectivity index (χ1v) is 4.59. The van der Waals surface area contributed by atoms with Crippen LogP contribution >= 0.6 is 0 Å². The van der Waals surface area contributed by atoms with E-state index in [1.807, 2.05) is 0 Å². The Bertz CT molecular complexity index is 332. The minimum atomic E-state index is 0.0831.